The molecule has 0 N–H and O–H groups in total. The van der Waals surface area contributed by atoms with Crippen LogP contribution in [0.5, 0.6) is 23.0 Å². The number of unbranched alkanes of at least 4 members (excludes halogenated alkanes) is 6. The average molecular weight is 1260 g/mol. The van der Waals surface area contributed by atoms with Gasteiger partial charge in [-0.1, -0.05) is 225 Å². The Balaban J connectivity index is 0.873. The van der Waals surface area contributed by atoms with Crippen molar-refractivity contribution in [2.45, 2.75) is 155 Å². The first-order valence-corrected chi connectivity index (χ1v) is 36.1. The van der Waals surface area contributed by atoms with E-state index in [1.807, 2.05) is 84.9 Å². The minimum atomic E-state index is -0.497. The van der Waals surface area contributed by atoms with E-state index >= 15 is 9.59 Å². The van der Waals surface area contributed by atoms with Gasteiger partial charge in [-0.15, -0.1) is 0 Å². The molecule has 484 valence electrons. The molecule has 0 bridgehead atoms. The van der Waals surface area contributed by atoms with Gasteiger partial charge < -0.3 is 18.9 Å². The normalized spacial score (nSPS) is 20.3. The summed E-state index contributed by atoms with van der Waals surface area (Å²) in [6.45, 7) is 10.6. The third-order valence-electron chi connectivity index (χ3n) is 22.2. The number of ether oxygens (including phenoxy) is 4. The van der Waals surface area contributed by atoms with Gasteiger partial charge in [-0.05, 0) is 232 Å². The summed E-state index contributed by atoms with van der Waals surface area (Å²) in [5, 5.41) is 3.63. The highest BCUT2D eigenvalue weighted by Crippen LogP contribution is 2.85. The molecule has 0 radical (unpaired) electrons. The lowest BCUT2D eigenvalue weighted by Gasteiger charge is -2.34. The van der Waals surface area contributed by atoms with Gasteiger partial charge >= 0.3 is 11.9 Å². The van der Waals surface area contributed by atoms with Gasteiger partial charge in [0.15, 0.2) is 0 Å². The number of esters is 2. The molecule has 0 saturated heterocycles. The second-order valence-corrected chi connectivity index (χ2v) is 28.2. The fourth-order valence-corrected chi connectivity index (χ4v) is 16.8. The quantitative estimate of drug-likeness (QED) is 0.0323. The van der Waals surface area contributed by atoms with E-state index in [4.69, 9.17) is 18.9 Å². The number of rotatable bonds is 25. The Morgan fingerprint density at radius 3 is 1.20 bits per heavy atom. The fourth-order valence-electron chi connectivity index (χ4n) is 16.8. The van der Waals surface area contributed by atoms with Crippen LogP contribution < -0.4 is 18.9 Å². The van der Waals surface area contributed by atoms with Crippen molar-refractivity contribution in [1.82, 2.24) is 0 Å². The predicted molar refractivity (Wildman–Crippen MR) is 390 cm³/mol. The van der Waals surface area contributed by atoms with Gasteiger partial charge in [-0.3, -0.25) is 0 Å². The molecule has 10 aromatic rings. The smallest absolute Gasteiger partial charge is 0.343 e. The Morgan fingerprint density at radius 2 is 0.800 bits per heavy atom. The van der Waals surface area contributed by atoms with Gasteiger partial charge in [-0.25, -0.2) is 9.59 Å². The molecule has 0 amide bonds. The maximum absolute atomic E-state index is 15.4. The second-order valence-electron chi connectivity index (χ2n) is 28.2. The van der Waals surface area contributed by atoms with E-state index in [0.29, 0.717) is 64.2 Å². The third-order valence-corrected chi connectivity index (χ3v) is 22.2. The van der Waals surface area contributed by atoms with Crippen LogP contribution in [0.25, 0.3) is 77.2 Å². The Labute approximate surface area is 563 Å². The van der Waals surface area contributed by atoms with Crippen LogP contribution >= 0.6 is 0 Å². The third kappa shape index (κ3) is 13.6. The predicted octanol–water partition coefficient (Wildman–Crippen LogP) is 24.3. The molecule has 0 aromatic heterocycles. The van der Waals surface area contributed by atoms with Crippen molar-refractivity contribution in [2.24, 2.45) is 29.1 Å². The first-order chi connectivity index (χ1) is 46.7. The zero-order valence-electron chi connectivity index (χ0n) is 56.2. The Bertz CT molecular complexity index is 4270. The highest BCUT2D eigenvalue weighted by atomic mass is 16.5. The summed E-state index contributed by atoms with van der Waals surface area (Å²) in [4.78, 5) is 30.9. The number of carbonyl (C=O) groups is 2. The van der Waals surface area contributed by atoms with Gasteiger partial charge in [-0.2, -0.15) is 0 Å². The van der Waals surface area contributed by atoms with Gasteiger partial charge in [0.1, 0.15) is 23.0 Å². The topological polar surface area (TPSA) is 71.1 Å². The molecular weight excluding hydrogens is 1160 g/mol. The van der Waals surface area contributed by atoms with E-state index < -0.39 is 11.9 Å². The molecule has 6 heteroatoms. The van der Waals surface area contributed by atoms with Crippen LogP contribution in [-0.2, 0) is 0 Å². The van der Waals surface area contributed by atoms with Crippen molar-refractivity contribution < 1.29 is 28.5 Å². The van der Waals surface area contributed by atoms with Crippen LogP contribution in [0.4, 0.5) is 0 Å². The molecule has 6 nitrogen and oxygen atoms in total. The summed E-state index contributed by atoms with van der Waals surface area (Å²) in [6, 6.07) is 70.9. The second kappa shape index (κ2) is 28.7. The van der Waals surface area contributed by atoms with Gasteiger partial charge in [0.05, 0.1) is 24.3 Å². The highest BCUT2D eigenvalue weighted by Gasteiger charge is 2.80. The van der Waals surface area contributed by atoms with E-state index in [1.54, 1.807) is 0 Å². The van der Waals surface area contributed by atoms with Crippen LogP contribution in [0.1, 0.15) is 187 Å². The molecule has 4 aliphatic rings. The number of hydrogen-bond donors (Lipinski definition) is 0. The Morgan fingerprint density at radius 1 is 0.411 bits per heavy atom. The number of hydrogen-bond acceptors (Lipinski definition) is 6. The Hall–Kier alpha value is -8.74. The lowest BCUT2D eigenvalue weighted by molar-refractivity contribution is 0.0724. The molecule has 4 aliphatic carbocycles. The summed E-state index contributed by atoms with van der Waals surface area (Å²) >= 11 is 0. The van der Waals surface area contributed by atoms with Gasteiger partial charge in [0, 0.05) is 22.3 Å². The maximum Gasteiger partial charge on any atom is 0.343 e. The molecule has 4 fully saturated rings. The SMILES string of the molecule is CCCCCCOc1ccc(-c2ccc(C(=O)Oc3c(-c4ccc(C5CCC6(CC5)C5C(C)C56)cc4)cc4ccccc4c3-c3c(OC(=O)c4ccc(-c5ccc(OCCCCCC)cc5)cc4)c(-c4ccc([C@H]5CC[C@H](CCC)CC5)cc4)cc4ccccc34)cc2)cc1. The number of fused-ring (bicyclic) bond motifs is 5. The standard InChI is InChI=1S/C89H92O6/c1-5-8-10-16-55-92-75-47-43-66(44-48-75)63-31-39-71(40-32-63)87(90)94-85-79(69-35-27-62(28-36-69)61-25-23-60(18-7-3)24-26-61)57-73-19-12-14-21-77(73)81(85)82-78-22-15-13-20-74(78)58-80(70-37-29-65(30-38-70)68-51-53-89(54-52-68)83-59(4)84(83)89)86(82)95-88(91)72-41-33-64(34-42-72)67-45-49-76(50-46-67)93-56-17-11-9-6-2/h12-15,19-22,27-50,57-61,68,83-84H,5-11,16-18,23-26,51-56H2,1-4H3/t59?,60-,61-,68?,83?,84?,89?. The molecule has 10 aromatic carbocycles. The summed E-state index contributed by atoms with van der Waals surface area (Å²) in [5.41, 5.74) is 12.9. The summed E-state index contributed by atoms with van der Waals surface area (Å²) < 4.78 is 26.4. The molecule has 0 heterocycles. The number of carbonyl (C=O) groups excluding carboxylic acids is 2. The van der Waals surface area contributed by atoms with Gasteiger partial charge in [0.25, 0.3) is 0 Å². The first-order valence-electron chi connectivity index (χ1n) is 36.1. The highest BCUT2D eigenvalue weighted by molar-refractivity contribution is 6.16. The van der Waals surface area contributed by atoms with Crippen LogP contribution in [0, 0.1) is 29.1 Å². The molecule has 14 rings (SSSR count). The molecule has 1 spiro atoms. The molecule has 95 heavy (non-hydrogen) atoms. The molecular formula is C89H92O6. The zero-order chi connectivity index (χ0) is 64.8. The Kier molecular flexibility index (Phi) is 19.2. The first kappa shape index (κ1) is 63.6. The van der Waals surface area contributed by atoms with Crippen molar-refractivity contribution in [3.05, 3.63) is 229 Å². The van der Waals surface area contributed by atoms with Crippen LogP contribution in [-0.4, -0.2) is 25.2 Å². The van der Waals surface area contributed by atoms with Crippen LogP contribution in [0.2, 0.25) is 0 Å². The van der Waals surface area contributed by atoms with Crippen molar-refractivity contribution in [2.75, 3.05) is 13.2 Å². The van der Waals surface area contributed by atoms with Crippen molar-refractivity contribution in [1.29, 1.82) is 0 Å². The zero-order valence-corrected chi connectivity index (χ0v) is 56.2. The van der Waals surface area contributed by atoms with Crippen molar-refractivity contribution in [3.8, 4) is 78.6 Å². The van der Waals surface area contributed by atoms with Gasteiger partial charge in [0.2, 0.25) is 0 Å². The monoisotopic (exact) mass is 1260 g/mol. The molecule has 4 saturated carbocycles. The summed E-state index contributed by atoms with van der Waals surface area (Å²) in [7, 11) is 0. The lowest BCUT2D eigenvalue weighted by Crippen LogP contribution is -2.23. The van der Waals surface area contributed by atoms with Crippen LogP contribution in [0.3, 0.4) is 0 Å². The van der Waals surface area contributed by atoms with Crippen LogP contribution in [0.15, 0.2) is 206 Å². The van der Waals surface area contributed by atoms with Crippen molar-refractivity contribution >= 4 is 33.5 Å². The molecule has 0 aliphatic heterocycles. The van der Waals surface area contributed by atoms with E-state index in [9.17, 15) is 0 Å². The molecule has 2 atom stereocenters. The number of benzene rings is 10. The van der Waals surface area contributed by atoms with E-state index in [-0.39, 0.29) is 0 Å². The van der Waals surface area contributed by atoms with Crippen molar-refractivity contribution in [3.63, 3.8) is 0 Å². The minimum Gasteiger partial charge on any atom is -0.494 e. The fraction of sp³-hybridized carbons (Fsp3) is 0.348. The van der Waals surface area contributed by atoms with E-state index in [2.05, 4.69) is 149 Å². The summed E-state index contributed by atoms with van der Waals surface area (Å²) in [6.07, 6.45) is 21.8. The lowest BCUT2D eigenvalue weighted by atomic mass is 9.70. The summed E-state index contributed by atoms with van der Waals surface area (Å²) in [5.74, 6) is 6.16. The largest absolute Gasteiger partial charge is 0.494 e. The minimum absolute atomic E-state index is 0.390. The molecule has 2 unspecified atom stereocenters. The average Bonchev–Trinajstić information content (AvgIpc) is 1.47. The van der Waals surface area contributed by atoms with E-state index in [0.717, 1.165) is 114 Å². The van der Waals surface area contributed by atoms with E-state index in [1.165, 1.54) is 114 Å². The maximum atomic E-state index is 15.4.